The van der Waals surface area contributed by atoms with E-state index in [1.165, 1.54) is 13.2 Å². The lowest BCUT2D eigenvalue weighted by Crippen LogP contribution is -2.24. The zero-order valence-electron chi connectivity index (χ0n) is 17.3. The molecule has 0 saturated carbocycles. The van der Waals surface area contributed by atoms with Crippen molar-refractivity contribution in [1.82, 2.24) is 15.1 Å². The van der Waals surface area contributed by atoms with Gasteiger partial charge in [0.05, 0.1) is 25.2 Å². The third kappa shape index (κ3) is 5.01. The first-order valence-electron chi connectivity index (χ1n) is 9.86. The molecule has 1 aromatic carbocycles. The van der Waals surface area contributed by atoms with E-state index in [1.807, 2.05) is 29.1 Å². The molecule has 1 aliphatic rings. The molecule has 0 bridgehead atoms. The number of carbonyl (C=O) groups excluding carboxylic acids is 2. The van der Waals surface area contributed by atoms with Gasteiger partial charge in [0, 0.05) is 17.7 Å². The smallest absolute Gasteiger partial charge is 0.356 e. The number of methoxy groups -OCH3 is 1. The van der Waals surface area contributed by atoms with Gasteiger partial charge in [0.2, 0.25) is 5.91 Å². The molecule has 1 saturated heterocycles. The van der Waals surface area contributed by atoms with Gasteiger partial charge in [-0.05, 0) is 50.6 Å². The summed E-state index contributed by atoms with van der Waals surface area (Å²) in [5.41, 5.74) is 2.26. The summed E-state index contributed by atoms with van der Waals surface area (Å²) < 4.78 is 12.4. The van der Waals surface area contributed by atoms with Crippen LogP contribution in [0, 0.1) is 0 Å². The number of hydrogen-bond acceptors (Lipinski definition) is 6. The molecule has 0 radical (unpaired) electrons. The van der Waals surface area contributed by atoms with Gasteiger partial charge in [-0.15, -0.1) is 0 Å². The van der Waals surface area contributed by atoms with Gasteiger partial charge in [0.25, 0.3) is 0 Å². The fraction of sp³-hybridized carbons (Fsp3) is 0.364. The van der Waals surface area contributed by atoms with Crippen LogP contribution in [0.15, 0.2) is 52.9 Å². The molecular formula is C22H26N4O4. The van der Waals surface area contributed by atoms with E-state index in [-0.39, 0.29) is 24.3 Å². The van der Waals surface area contributed by atoms with Crippen molar-refractivity contribution in [2.75, 3.05) is 13.7 Å². The maximum atomic E-state index is 12.6. The first-order chi connectivity index (χ1) is 14.5. The Balaban J connectivity index is 1.73. The summed E-state index contributed by atoms with van der Waals surface area (Å²) in [7, 11) is 1.26. The number of esters is 1. The molecule has 1 amide bonds. The molecule has 8 nitrogen and oxygen atoms in total. The minimum Gasteiger partial charge on any atom is -0.464 e. The van der Waals surface area contributed by atoms with Crippen LogP contribution in [0.2, 0.25) is 0 Å². The van der Waals surface area contributed by atoms with Gasteiger partial charge in [-0.1, -0.05) is 18.2 Å². The Morgan fingerprint density at radius 3 is 2.93 bits per heavy atom. The van der Waals surface area contributed by atoms with Crippen molar-refractivity contribution >= 4 is 29.5 Å². The molecule has 8 heteroatoms. The van der Waals surface area contributed by atoms with Crippen LogP contribution in [0.3, 0.4) is 0 Å². The second-order valence-corrected chi connectivity index (χ2v) is 6.95. The van der Waals surface area contributed by atoms with E-state index in [9.17, 15) is 9.59 Å². The molecule has 1 atom stereocenters. The fourth-order valence-corrected chi connectivity index (χ4v) is 3.34. The molecule has 1 aliphatic heterocycles. The monoisotopic (exact) mass is 410 g/mol. The largest absolute Gasteiger partial charge is 0.464 e. The second-order valence-electron chi connectivity index (χ2n) is 6.95. The Hall–Kier alpha value is -3.26. The Morgan fingerprint density at radius 2 is 2.27 bits per heavy atom. The van der Waals surface area contributed by atoms with E-state index >= 15 is 0 Å². The summed E-state index contributed by atoms with van der Waals surface area (Å²) >= 11 is 0. The minimum absolute atomic E-state index is 0.0173. The van der Waals surface area contributed by atoms with Crippen LogP contribution >= 0.6 is 0 Å². The summed E-state index contributed by atoms with van der Waals surface area (Å²) in [5, 5.41) is 8.27. The van der Waals surface area contributed by atoms with E-state index < -0.39 is 5.97 Å². The molecule has 2 aromatic rings. The van der Waals surface area contributed by atoms with Gasteiger partial charge in [-0.2, -0.15) is 5.10 Å². The van der Waals surface area contributed by atoms with Gasteiger partial charge < -0.3 is 14.8 Å². The Bertz CT molecular complexity index is 1000. The Morgan fingerprint density at radius 1 is 1.43 bits per heavy atom. The van der Waals surface area contributed by atoms with E-state index in [0.717, 1.165) is 42.3 Å². The summed E-state index contributed by atoms with van der Waals surface area (Å²) in [6, 6.07) is 5.83. The number of amides is 1. The van der Waals surface area contributed by atoms with Crippen molar-refractivity contribution in [3.05, 3.63) is 53.5 Å². The number of benzene rings is 1. The first kappa shape index (κ1) is 21.4. The molecule has 30 heavy (non-hydrogen) atoms. The van der Waals surface area contributed by atoms with E-state index in [1.54, 1.807) is 13.0 Å². The normalized spacial score (nSPS) is 17.6. The zero-order chi connectivity index (χ0) is 21.5. The number of nitrogens with one attached hydrogen (secondary N) is 1. The zero-order valence-corrected chi connectivity index (χ0v) is 17.3. The number of hydrogen-bond donors (Lipinski definition) is 1. The summed E-state index contributed by atoms with van der Waals surface area (Å²) in [4.78, 5) is 27.9. The summed E-state index contributed by atoms with van der Waals surface area (Å²) in [5.74, 6) is -0.839. The first-order valence-corrected chi connectivity index (χ1v) is 9.86. The Kier molecular flexibility index (Phi) is 7.13. The van der Waals surface area contributed by atoms with Crippen LogP contribution in [-0.2, 0) is 25.5 Å². The van der Waals surface area contributed by atoms with Crippen molar-refractivity contribution < 1.29 is 19.1 Å². The van der Waals surface area contributed by atoms with Gasteiger partial charge in [-0.3, -0.25) is 9.79 Å². The summed E-state index contributed by atoms with van der Waals surface area (Å²) in [6.45, 7) is 5.84. The number of aliphatic imine (C=N–C) groups is 1. The average molecular weight is 410 g/mol. The number of ether oxygens (including phenoxy) is 2. The third-order valence-corrected chi connectivity index (χ3v) is 4.91. The maximum absolute atomic E-state index is 12.6. The van der Waals surface area contributed by atoms with Crippen LogP contribution in [-0.4, -0.2) is 42.1 Å². The highest BCUT2D eigenvalue weighted by Crippen LogP contribution is 2.26. The standard InChI is InChI=1S/C22H26N4O4/c1-4-17(13-18(23-2)22(28)29-3)25-20(27)12-15-8-9-16-14-24-26(19(16)11-15)21-7-5-6-10-30-21/h4,8-9,11,13-14,21H,2,5-7,10,12H2,1,3H3,(H,25,27)/b17-4+,18-13-. The quantitative estimate of drug-likeness (QED) is 0.328. The molecule has 3 rings (SSSR count). The Labute approximate surface area is 175 Å². The molecule has 1 N–H and O–H groups in total. The maximum Gasteiger partial charge on any atom is 0.356 e. The molecule has 1 fully saturated rings. The lowest BCUT2D eigenvalue weighted by molar-refractivity contribution is -0.136. The molecule has 2 heterocycles. The van der Waals surface area contributed by atoms with Crippen LogP contribution < -0.4 is 5.32 Å². The lowest BCUT2D eigenvalue weighted by Gasteiger charge is -2.23. The molecule has 0 aliphatic carbocycles. The topological polar surface area (TPSA) is 94.8 Å². The lowest BCUT2D eigenvalue weighted by atomic mass is 10.1. The predicted octanol–water partition coefficient (Wildman–Crippen LogP) is 3.06. The number of aromatic nitrogens is 2. The number of fused-ring (bicyclic) bond motifs is 1. The van der Waals surface area contributed by atoms with Crippen molar-refractivity contribution in [3.63, 3.8) is 0 Å². The van der Waals surface area contributed by atoms with E-state index in [0.29, 0.717) is 5.70 Å². The molecule has 0 spiro atoms. The number of allylic oxidation sites excluding steroid dienone is 2. The minimum atomic E-state index is -0.623. The SMILES string of the molecule is C=N/C(=C\C(=C/C)NC(=O)Cc1ccc2cnn(C3CCCCO3)c2c1)C(=O)OC. The van der Waals surface area contributed by atoms with Gasteiger partial charge >= 0.3 is 5.97 Å². The van der Waals surface area contributed by atoms with Crippen LogP contribution in [0.1, 0.15) is 38.0 Å². The van der Waals surface area contributed by atoms with Crippen LogP contribution in [0.4, 0.5) is 0 Å². The van der Waals surface area contributed by atoms with Crippen molar-refractivity contribution in [3.8, 4) is 0 Å². The molecule has 158 valence electrons. The summed E-state index contributed by atoms with van der Waals surface area (Å²) in [6.07, 6.45) is 8.13. The van der Waals surface area contributed by atoms with Gasteiger partial charge in [0.1, 0.15) is 5.70 Å². The molecule has 1 aromatic heterocycles. The van der Waals surface area contributed by atoms with Crippen molar-refractivity contribution in [2.45, 2.75) is 38.8 Å². The fourth-order valence-electron chi connectivity index (χ4n) is 3.34. The van der Waals surface area contributed by atoms with Gasteiger partial charge in [-0.25, -0.2) is 9.48 Å². The number of carbonyl (C=O) groups is 2. The highest BCUT2D eigenvalue weighted by atomic mass is 16.5. The van der Waals surface area contributed by atoms with Crippen molar-refractivity contribution in [1.29, 1.82) is 0 Å². The molecule has 1 unspecified atom stereocenters. The molecular weight excluding hydrogens is 384 g/mol. The van der Waals surface area contributed by atoms with Crippen LogP contribution in [0.25, 0.3) is 10.9 Å². The van der Waals surface area contributed by atoms with Crippen molar-refractivity contribution in [2.24, 2.45) is 4.99 Å². The van der Waals surface area contributed by atoms with E-state index in [4.69, 9.17) is 4.74 Å². The third-order valence-electron chi connectivity index (χ3n) is 4.91. The van der Waals surface area contributed by atoms with Crippen LogP contribution in [0.5, 0.6) is 0 Å². The average Bonchev–Trinajstić information content (AvgIpc) is 3.19. The highest BCUT2D eigenvalue weighted by Gasteiger charge is 2.19. The predicted molar refractivity (Wildman–Crippen MR) is 114 cm³/mol. The second kappa shape index (κ2) is 9.98. The van der Waals surface area contributed by atoms with Gasteiger partial charge in [0.15, 0.2) is 6.23 Å². The number of rotatable bonds is 7. The number of nitrogens with zero attached hydrogens (tertiary/aromatic N) is 3. The highest BCUT2D eigenvalue weighted by molar-refractivity contribution is 5.90. The van der Waals surface area contributed by atoms with E-state index in [2.05, 4.69) is 26.9 Å².